The molecule has 0 saturated heterocycles. The Labute approximate surface area is 89.3 Å². The lowest BCUT2D eigenvalue weighted by Crippen LogP contribution is -2.12. The predicted octanol–water partition coefficient (Wildman–Crippen LogP) is 2.02. The van der Waals surface area contributed by atoms with E-state index in [9.17, 15) is 4.39 Å². The van der Waals surface area contributed by atoms with Crippen molar-refractivity contribution in [2.75, 3.05) is 6.61 Å². The van der Waals surface area contributed by atoms with Gasteiger partial charge in [-0.3, -0.25) is 0 Å². The van der Waals surface area contributed by atoms with Crippen LogP contribution in [0.3, 0.4) is 0 Å². The number of hydrogen-bond acceptors (Lipinski definition) is 2. The highest BCUT2D eigenvalue weighted by Gasteiger charge is 2.09. The first kappa shape index (κ1) is 13.4. The molecule has 0 amide bonds. The summed E-state index contributed by atoms with van der Waals surface area (Å²) in [7, 11) is 0. The first-order valence-electron chi connectivity index (χ1n) is 4.36. The summed E-state index contributed by atoms with van der Waals surface area (Å²) in [5.41, 5.74) is 6.25. The Kier molecular flexibility index (Phi) is 6.45. The Hall–Kier alpha value is -0.640. The molecule has 0 radical (unpaired) electrons. The Bertz CT molecular complexity index is 270. The van der Waals surface area contributed by atoms with E-state index in [4.69, 9.17) is 10.8 Å². The van der Waals surface area contributed by atoms with Crippen LogP contribution in [0.5, 0.6) is 0 Å². The van der Waals surface area contributed by atoms with Crippen LogP contribution < -0.4 is 5.73 Å². The largest absolute Gasteiger partial charge is 0.396 e. The molecular weight excluding hydrogens is 205 g/mol. The van der Waals surface area contributed by atoms with Crippen LogP contribution in [0.25, 0.3) is 0 Å². The SMILES string of the molecule is Cl.N[C@H](CCCO)c1ccccc1F. The Morgan fingerprint density at radius 2 is 2.00 bits per heavy atom. The summed E-state index contributed by atoms with van der Waals surface area (Å²) < 4.78 is 13.1. The third kappa shape index (κ3) is 3.62. The molecule has 4 heteroatoms. The third-order valence-corrected chi connectivity index (χ3v) is 1.98. The number of benzene rings is 1. The fourth-order valence-electron chi connectivity index (χ4n) is 1.24. The molecule has 80 valence electrons. The van der Waals surface area contributed by atoms with Crippen molar-refractivity contribution in [1.29, 1.82) is 0 Å². The summed E-state index contributed by atoms with van der Waals surface area (Å²) in [5.74, 6) is -0.270. The monoisotopic (exact) mass is 219 g/mol. The predicted molar refractivity (Wildman–Crippen MR) is 56.9 cm³/mol. The van der Waals surface area contributed by atoms with Crippen molar-refractivity contribution in [3.8, 4) is 0 Å². The van der Waals surface area contributed by atoms with Gasteiger partial charge in [0.25, 0.3) is 0 Å². The van der Waals surface area contributed by atoms with Crippen LogP contribution in [-0.2, 0) is 0 Å². The summed E-state index contributed by atoms with van der Waals surface area (Å²) in [6.45, 7) is 0.0994. The molecule has 0 heterocycles. The molecule has 14 heavy (non-hydrogen) atoms. The summed E-state index contributed by atoms with van der Waals surface area (Å²) in [6.07, 6.45) is 1.22. The normalized spacial score (nSPS) is 11.9. The molecule has 0 spiro atoms. The highest BCUT2D eigenvalue weighted by atomic mass is 35.5. The zero-order chi connectivity index (χ0) is 9.68. The first-order valence-corrected chi connectivity index (χ1v) is 4.36. The molecular formula is C10H15ClFNO. The van der Waals surface area contributed by atoms with Gasteiger partial charge in [0.05, 0.1) is 0 Å². The summed E-state index contributed by atoms with van der Waals surface area (Å²) in [5, 5.41) is 8.58. The first-order chi connectivity index (χ1) is 6.25. The van der Waals surface area contributed by atoms with Crippen LogP contribution in [0, 0.1) is 5.82 Å². The van der Waals surface area contributed by atoms with Crippen molar-refractivity contribution in [3.63, 3.8) is 0 Å². The molecule has 0 aromatic heterocycles. The van der Waals surface area contributed by atoms with Crippen LogP contribution in [-0.4, -0.2) is 11.7 Å². The van der Waals surface area contributed by atoms with Gasteiger partial charge in [-0.2, -0.15) is 0 Å². The zero-order valence-electron chi connectivity index (χ0n) is 7.82. The second kappa shape index (κ2) is 6.76. The van der Waals surface area contributed by atoms with Crippen molar-refractivity contribution >= 4 is 12.4 Å². The van der Waals surface area contributed by atoms with Crippen LogP contribution >= 0.6 is 12.4 Å². The molecule has 0 aliphatic rings. The van der Waals surface area contributed by atoms with Crippen LogP contribution in [0.1, 0.15) is 24.4 Å². The average molecular weight is 220 g/mol. The Balaban J connectivity index is 0.00000169. The van der Waals surface area contributed by atoms with Gasteiger partial charge < -0.3 is 10.8 Å². The van der Waals surface area contributed by atoms with Gasteiger partial charge in [0, 0.05) is 18.2 Å². The number of aliphatic hydroxyl groups is 1. The molecule has 0 aliphatic heterocycles. The number of halogens is 2. The molecule has 1 aromatic rings. The van der Waals surface area contributed by atoms with Crippen molar-refractivity contribution in [3.05, 3.63) is 35.6 Å². The van der Waals surface area contributed by atoms with E-state index in [1.54, 1.807) is 18.2 Å². The van der Waals surface area contributed by atoms with E-state index >= 15 is 0 Å². The lowest BCUT2D eigenvalue weighted by atomic mass is 10.0. The highest BCUT2D eigenvalue weighted by Crippen LogP contribution is 2.18. The van der Waals surface area contributed by atoms with Gasteiger partial charge in [-0.1, -0.05) is 18.2 Å². The summed E-state index contributed by atoms with van der Waals surface area (Å²) in [4.78, 5) is 0. The molecule has 1 aromatic carbocycles. The lowest BCUT2D eigenvalue weighted by molar-refractivity contribution is 0.279. The van der Waals surface area contributed by atoms with Crippen molar-refractivity contribution in [1.82, 2.24) is 0 Å². The third-order valence-electron chi connectivity index (χ3n) is 1.98. The number of rotatable bonds is 4. The standard InChI is InChI=1S/C10H14FNO.ClH/c11-9-5-2-1-4-8(9)10(12)6-3-7-13;/h1-2,4-5,10,13H,3,6-7,12H2;1H/t10-;/m1./s1. The molecule has 0 fully saturated rings. The Morgan fingerprint density at radius 1 is 1.36 bits per heavy atom. The molecule has 3 N–H and O–H groups in total. The van der Waals surface area contributed by atoms with Crippen LogP contribution in [0.15, 0.2) is 24.3 Å². The van der Waals surface area contributed by atoms with Gasteiger partial charge in [0.15, 0.2) is 0 Å². The topological polar surface area (TPSA) is 46.2 Å². The van der Waals surface area contributed by atoms with Gasteiger partial charge >= 0.3 is 0 Å². The quantitative estimate of drug-likeness (QED) is 0.814. The van der Waals surface area contributed by atoms with Gasteiger partial charge in [0.2, 0.25) is 0 Å². The lowest BCUT2D eigenvalue weighted by Gasteiger charge is -2.11. The van der Waals surface area contributed by atoms with E-state index < -0.39 is 0 Å². The van der Waals surface area contributed by atoms with E-state index in [1.165, 1.54) is 6.07 Å². The van der Waals surface area contributed by atoms with E-state index in [0.29, 0.717) is 18.4 Å². The number of nitrogens with two attached hydrogens (primary N) is 1. The summed E-state index contributed by atoms with van der Waals surface area (Å²) >= 11 is 0. The van der Waals surface area contributed by atoms with E-state index in [-0.39, 0.29) is 30.9 Å². The molecule has 1 rings (SSSR count). The molecule has 1 atom stereocenters. The fraction of sp³-hybridized carbons (Fsp3) is 0.400. The van der Waals surface area contributed by atoms with Crippen molar-refractivity contribution in [2.24, 2.45) is 5.73 Å². The van der Waals surface area contributed by atoms with Gasteiger partial charge in [-0.15, -0.1) is 12.4 Å². The summed E-state index contributed by atoms with van der Waals surface area (Å²) in [6, 6.07) is 6.16. The molecule has 0 saturated carbocycles. The van der Waals surface area contributed by atoms with E-state index in [0.717, 1.165) is 0 Å². The maximum atomic E-state index is 13.1. The number of aliphatic hydroxyl groups excluding tert-OH is 1. The molecule has 0 bridgehead atoms. The molecule has 0 unspecified atom stereocenters. The maximum absolute atomic E-state index is 13.1. The minimum Gasteiger partial charge on any atom is -0.396 e. The van der Waals surface area contributed by atoms with Gasteiger partial charge in [-0.05, 0) is 18.9 Å². The second-order valence-corrected chi connectivity index (χ2v) is 2.99. The van der Waals surface area contributed by atoms with Crippen LogP contribution in [0.2, 0.25) is 0 Å². The maximum Gasteiger partial charge on any atom is 0.127 e. The van der Waals surface area contributed by atoms with Gasteiger partial charge in [0.1, 0.15) is 5.82 Å². The smallest absolute Gasteiger partial charge is 0.127 e. The Morgan fingerprint density at radius 3 is 2.57 bits per heavy atom. The second-order valence-electron chi connectivity index (χ2n) is 2.99. The van der Waals surface area contributed by atoms with Gasteiger partial charge in [-0.25, -0.2) is 4.39 Å². The molecule has 2 nitrogen and oxygen atoms in total. The van der Waals surface area contributed by atoms with E-state index in [1.807, 2.05) is 0 Å². The minimum atomic E-state index is -0.312. The number of hydrogen-bond donors (Lipinski definition) is 2. The van der Waals surface area contributed by atoms with Crippen molar-refractivity contribution < 1.29 is 9.50 Å². The van der Waals surface area contributed by atoms with Crippen LogP contribution in [0.4, 0.5) is 4.39 Å². The minimum absolute atomic E-state index is 0. The fourth-order valence-corrected chi connectivity index (χ4v) is 1.24. The zero-order valence-corrected chi connectivity index (χ0v) is 8.64. The van der Waals surface area contributed by atoms with Crippen molar-refractivity contribution in [2.45, 2.75) is 18.9 Å². The van der Waals surface area contributed by atoms with E-state index in [2.05, 4.69) is 0 Å². The highest BCUT2D eigenvalue weighted by molar-refractivity contribution is 5.85. The average Bonchev–Trinajstić information content (AvgIpc) is 2.15. The molecule has 0 aliphatic carbocycles.